The summed E-state index contributed by atoms with van der Waals surface area (Å²) in [6.07, 6.45) is 11.1. The molecular formula is C16H28O3. The lowest BCUT2D eigenvalue weighted by Crippen LogP contribution is -2.23. The van der Waals surface area contributed by atoms with E-state index >= 15 is 0 Å². The van der Waals surface area contributed by atoms with E-state index < -0.39 is 5.97 Å². The summed E-state index contributed by atoms with van der Waals surface area (Å²) in [6.45, 7) is 0.350. The zero-order valence-electron chi connectivity index (χ0n) is 11.9. The van der Waals surface area contributed by atoms with E-state index in [0.29, 0.717) is 13.0 Å². The molecule has 3 heteroatoms. The van der Waals surface area contributed by atoms with Crippen LogP contribution in [0.15, 0.2) is 0 Å². The van der Waals surface area contributed by atoms with Gasteiger partial charge in [-0.15, -0.1) is 0 Å². The molecule has 2 bridgehead atoms. The molecule has 2 N–H and O–H groups in total. The van der Waals surface area contributed by atoms with Crippen molar-refractivity contribution in [2.75, 3.05) is 6.61 Å². The topological polar surface area (TPSA) is 57.5 Å². The highest BCUT2D eigenvalue weighted by molar-refractivity contribution is 5.66. The van der Waals surface area contributed by atoms with Crippen molar-refractivity contribution in [3.8, 4) is 0 Å². The molecular weight excluding hydrogens is 240 g/mol. The molecule has 2 rings (SSSR count). The molecule has 0 aromatic carbocycles. The van der Waals surface area contributed by atoms with Crippen molar-refractivity contribution in [1.29, 1.82) is 0 Å². The number of unbranched alkanes of at least 4 members (excludes halogenated alkanes) is 3. The highest BCUT2D eigenvalue weighted by Crippen LogP contribution is 2.55. The Hall–Kier alpha value is -0.570. The molecule has 0 amide bonds. The van der Waals surface area contributed by atoms with Crippen LogP contribution >= 0.6 is 0 Å². The van der Waals surface area contributed by atoms with E-state index in [2.05, 4.69) is 0 Å². The Kier molecular flexibility index (Phi) is 5.68. The predicted octanol–water partition coefficient (Wildman–Crippen LogP) is 3.46. The first-order chi connectivity index (χ1) is 9.22. The minimum atomic E-state index is -0.670. The first-order valence-corrected chi connectivity index (χ1v) is 8.05. The molecule has 2 aliphatic rings. The fourth-order valence-electron chi connectivity index (χ4n) is 4.59. The van der Waals surface area contributed by atoms with Crippen LogP contribution in [0.25, 0.3) is 0 Å². The first kappa shape index (κ1) is 14.8. The van der Waals surface area contributed by atoms with Crippen LogP contribution in [0.3, 0.4) is 0 Å². The Balaban J connectivity index is 1.63. The maximum absolute atomic E-state index is 10.4. The van der Waals surface area contributed by atoms with Crippen molar-refractivity contribution in [2.45, 2.75) is 64.2 Å². The zero-order valence-corrected chi connectivity index (χ0v) is 11.9. The number of aliphatic hydroxyl groups excluding tert-OH is 1. The number of fused-ring (bicyclic) bond motifs is 2. The summed E-state index contributed by atoms with van der Waals surface area (Å²) in [5.41, 5.74) is 0. The number of hydrogen-bond acceptors (Lipinski definition) is 2. The standard InChI is InChI=1S/C16H28O3/c17-10-9-15-13-8-7-12(11-13)14(15)5-3-1-2-4-6-16(18)19/h12-15,17H,1-11H2,(H,18,19)/t12-,13+,14-,15+/m0/s1. The van der Waals surface area contributed by atoms with Gasteiger partial charge in [0.15, 0.2) is 0 Å². The second-order valence-corrected chi connectivity index (χ2v) is 6.52. The lowest BCUT2D eigenvalue weighted by Gasteiger charge is -2.30. The quantitative estimate of drug-likeness (QED) is 0.630. The van der Waals surface area contributed by atoms with Crippen LogP contribution in [-0.2, 0) is 4.79 Å². The second kappa shape index (κ2) is 7.28. The SMILES string of the molecule is O=C(O)CCCCCC[C@H]1[C@H]2CC[C@H](C2)[C@H]1CCO. The number of carbonyl (C=O) groups is 1. The monoisotopic (exact) mass is 268 g/mol. The van der Waals surface area contributed by atoms with Gasteiger partial charge in [-0.25, -0.2) is 0 Å². The van der Waals surface area contributed by atoms with E-state index in [4.69, 9.17) is 5.11 Å². The van der Waals surface area contributed by atoms with Gasteiger partial charge in [0, 0.05) is 13.0 Å². The fraction of sp³-hybridized carbons (Fsp3) is 0.938. The third-order valence-electron chi connectivity index (χ3n) is 5.42. The van der Waals surface area contributed by atoms with Crippen molar-refractivity contribution in [3.63, 3.8) is 0 Å². The average Bonchev–Trinajstić information content (AvgIpc) is 2.95. The summed E-state index contributed by atoms with van der Waals surface area (Å²) < 4.78 is 0. The molecule has 0 spiro atoms. The normalized spacial score (nSPS) is 32.9. The van der Waals surface area contributed by atoms with E-state index in [1.165, 1.54) is 38.5 Å². The van der Waals surface area contributed by atoms with Crippen molar-refractivity contribution < 1.29 is 15.0 Å². The van der Waals surface area contributed by atoms with E-state index in [1.807, 2.05) is 0 Å². The van der Waals surface area contributed by atoms with Crippen molar-refractivity contribution in [1.82, 2.24) is 0 Å². The smallest absolute Gasteiger partial charge is 0.303 e. The van der Waals surface area contributed by atoms with Crippen molar-refractivity contribution in [3.05, 3.63) is 0 Å². The molecule has 2 aliphatic carbocycles. The largest absolute Gasteiger partial charge is 0.481 e. The number of carboxylic acids is 1. The molecule has 19 heavy (non-hydrogen) atoms. The Morgan fingerprint density at radius 1 is 0.947 bits per heavy atom. The summed E-state index contributed by atoms with van der Waals surface area (Å²) in [6, 6.07) is 0. The Morgan fingerprint density at radius 2 is 1.58 bits per heavy atom. The number of aliphatic carboxylic acids is 1. The highest BCUT2D eigenvalue weighted by atomic mass is 16.4. The van der Waals surface area contributed by atoms with Gasteiger partial charge in [0.1, 0.15) is 0 Å². The summed E-state index contributed by atoms with van der Waals surface area (Å²) >= 11 is 0. The number of hydrogen-bond donors (Lipinski definition) is 2. The Labute approximate surface area is 116 Å². The minimum absolute atomic E-state index is 0.321. The molecule has 0 unspecified atom stereocenters. The van der Waals surface area contributed by atoms with Crippen molar-refractivity contribution >= 4 is 5.97 Å². The van der Waals surface area contributed by atoms with Gasteiger partial charge in [0.05, 0.1) is 0 Å². The first-order valence-electron chi connectivity index (χ1n) is 8.05. The van der Waals surface area contributed by atoms with Crippen molar-refractivity contribution in [2.24, 2.45) is 23.7 Å². The van der Waals surface area contributed by atoms with Gasteiger partial charge in [-0.2, -0.15) is 0 Å². The van der Waals surface area contributed by atoms with Crippen LogP contribution in [0.2, 0.25) is 0 Å². The lowest BCUT2D eigenvalue weighted by atomic mass is 9.75. The fourth-order valence-corrected chi connectivity index (χ4v) is 4.59. The van der Waals surface area contributed by atoms with Gasteiger partial charge in [-0.1, -0.05) is 19.3 Å². The van der Waals surface area contributed by atoms with Gasteiger partial charge in [0.25, 0.3) is 0 Å². The van der Waals surface area contributed by atoms with E-state index in [0.717, 1.165) is 42.9 Å². The maximum atomic E-state index is 10.4. The summed E-state index contributed by atoms with van der Waals surface area (Å²) in [7, 11) is 0. The summed E-state index contributed by atoms with van der Waals surface area (Å²) in [4.78, 5) is 10.4. The molecule has 0 aromatic heterocycles. The molecule has 3 nitrogen and oxygen atoms in total. The molecule has 2 saturated carbocycles. The van der Waals surface area contributed by atoms with Gasteiger partial charge < -0.3 is 10.2 Å². The average molecular weight is 268 g/mol. The van der Waals surface area contributed by atoms with Crippen LogP contribution in [0, 0.1) is 23.7 Å². The summed E-state index contributed by atoms with van der Waals surface area (Å²) in [5, 5.41) is 17.8. The van der Waals surface area contributed by atoms with Gasteiger partial charge >= 0.3 is 5.97 Å². The molecule has 0 aromatic rings. The molecule has 4 atom stereocenters. The molecule has 0 radical (unpaired) electrons. The van der Waals surface area contributed by atoms with Crippen LogP contribution < -0.4 is 0 Å². The summed E-state index contributed by atoms with van der Waals surface area (Å²) in [5.74, 6) is 2.79. The number of rotatable bonds is 9. The van der Waals surface area contributed by atoms with E-state index in [-0.39, 0.29) is 0 Å². The third-order valence-corrected chi connectivity index (χ3v) is 5.42. The van der Waals surface area contributed by atoms with Crippen LogP contribution in [0.1, 0.15) is 64.2 Å². The Bertz CT molecular complexity index is 290. The molecule has 110 valence electrons. The predicted molar refractivity (Wildman–Crippen MR) is 74.9 cm³/mol. The molecule has 2 fully saturated rings. The second-order valence-electron chi connectivity index (χ2n) is 6.52. The minimum Gasteiger partial charge on any atom is -0.481 e. The van der Waals surface area contributed by atoms with Gasteiger partial charge in [-0.3, -0.25) is 4.79 Å². The van der Waals surface area contributed by atoms with Crippen LogP contribution in [0.5, 0.6) is 0 Å². The van der Waals surface area contributed by atoms with Gasteiger partial charge in [-0.05, 0) is 62.2 Å². The zero-order chi connectivity index (χ0) is 13.7. The molecule has 0 heterocycles. The number of aliphatic hydroxyl groups is 1. The van der Waals surface area contributed by atoms with E-state index in [1.54, 1.807) is 0 Å². The third kappa shape index (κ3) is 3.95. The number of carboxylic acid groups (broad SMARTS) is 1. The van der Waals surface area contributed by atoms with Gasteiger partial charge in [0.2, 0.25) is 0 Å². The van der Waals surface area contributed by atoms with Crippen LogP contribution in [0.4, 0.5) is 0 Å². The van der Waals surface area contributed by atoms with E-state index in [9.17, 15) is 9.90 Å². The lowest BCUT2D eigenvalue weighted by molar-refractivity contribution is -0.137. The molecule has 0 saturated heterocycles. The Morgan fingerprint density at radius 3 is 2.21 bits per heavy atom. The maximum Gasteiger partial charge on any atom is 0.303 e. The van der Waals surface area contributed by atoms with Crippen LogP contribution in [-0.4, -0.2) is 22.8 Å². The molecule has 0 aliphatic heterocycles. The highest BCUT2D eigenvalue weighted by Gasteiger charge is 2.46.